The summed E-state index contributed by atoms with van der Waals surface area (Å²) in [6.45, 7) is 6.30. The second-order valence-corrected chi connectivity index (χ2v) is 6.49. The van der Waals surface area contributed by atoms with Gasteiger partial charge in [0.05, 0.1) is 19.1 Å². The number of carbonyl (C=O) groups is 2. The van der Waals surface area contributed by atoms with Crippen molar-refractivity contribution in [3.63, 3.8) is 0 Å². The zero-order valence-electron chi connectivity index (χ0n) is 15.3. The van der Waals surface area contributed by atoms with Gasteiger partial charge in [-0.1, -0.05) is 19.1 Å². The molecule has 0 saturated carbocycles. The molecule has 0 fully saturated rings. The number of benzene rings is 1. The maximum atomic E-state index is 12.7. The van der Waals surface area contributed by atoms with Crippen molar-refractivity contribution >= 4 is 17.5 Å². The fourth-order valence-corrected chi connectivity index (χ4v) is 2.89. The number of nitrogens with zero attached hydrogens (tertiary/aromatic N) is 1. The van der Waals surface area contributed by atoms with Crippen molar-refractivity contribution in [1.29, 1.82) is 0 Å². The number of carbonyl (C=O) groups excluding carboxylic acids is 2. The smallest absolute Gasteiger partial charge is 0.257 e. The number of rotatable bonds is 6. The topological polar surface area (TPSA) is 80.3 Å². The Morgan fingerprint density at radius 3 is 2.92 bits per heavy atom. The number of nitrogens with one attached hydrogen (secondary N) is 2. The zero-order chi connectivity index (χ0) is 18.7. The highest BCUT2D eigenvalue weighted by atomic mass is 16.5. The number of aryl methyl sites for hydroxylation is 1. The Balaban J connectivity index is 1.76. The van der Waals surface area contributed by atoms with Crippen LogP contribution in [-0.2, 0) is 11.2 Å². The number of pyridine rings is 1. The molecule has 2 amide bonds. The number of hydrogen-bond acceptors (Lipinski definition) is 4. The molecule has 1 unspecified atom stereocenters. The van der Waals surface area contributed by atoms with Crippen molar-refractivity contribution in [2.45, 2.75) is 39.7 Å². The lowest BCUT2D eigenvalue weighted by atomic mass is 10.0. The van der Waals surface area contributed by atoms with Gasteiger partial charge in [0.25, 0.3) is 5.91 Å². The lowest BCUT2D eigenvalue weighted by molar-refractivity contribution is -0.115. The number of aromatic nitrogens is 1. The van der Waals surface area contributed by atoms with Gasteiger partial charge in [-0.05, 0) is 49.6 Å². The summed E-state index contributed by atoms with van der Waals surface area (Å²) in [5.74, 6) is 0.128. The Bertz CT molecular complexity index is 848. The maximum absolute atomic E-state index is 12.7. The zero-order valence-corrected chi connectivity index (χ0v) is 15.3. The molecule has 2 heterocycles. The van der Waals surface area contributed by atoms with E-state index in [1.54, 1.807) is 12.1 Å². The van der Waals surface area contributed by atoms with E-state index in [0.717, 1.165) is 28.9 Å². The third kappa shape index (κ3) is 3.85. The molecule has 3 rings (SSSR count). The van der Waals surface area contributed by atoms with Gasteiger partial charge in [-0.3, -0.25) is 9.59 Å². The second kappa shape index (κ2) is 7.56. The van der Waals surface area contributed by atoms with E-state index < -0.39 is 0 Å². The van der Waals surface area contributed by atoms with Crippen molar-refractivity contribution in [3.05, 3.63) is 52.7 Å². The maximum Gasteiger partial charge on any atom is 0.257 e. The summed E-state index contributed by atoms with van der Waals surface area (Å²) in [6.07, 6.45) is 1.22. The molecular formula is C20H23N3O3. The largest absolute Gasteiger partial charge is 0.477 e. The van der Waals surface area contributed by atoms with E-state index in [-0.39, 0.29) is 17.9 Å². The molecule has 26 heavy (non-hydrogen) atoms. The summed E-state index contributed by atoms with van der Waals surface area (Å²) < 4.78 is 5.63. The summed E-state index contributed by atoms with van der Waals surface area (Å²) >= 11 is 0. The van der Waals surface area contributed by atoms with Crippen LogP contribution in [0.2, 0.25) is 0 Å². The Morgan fingerprint density at radius 2 is 2.15 bits per heavy atom. The molecule has 0 aliphatic carbocycles. The highest BCUT2D eigenvalue weighted by Gasteiger charge is 2.21. The van der Waals surface area contributed by atoms with Gasteiger partial charge >= 0.3 is 0 Å². The minimum absolute atomic E-state index is 0.00252. The Kier molecular flexibility index (Phi) is 5.21. The first kappa shape index (κ1) is 17.9. The summed E-state index contributed by atoms with van der Waals surface area (Å²) in [5.41, 5.74) is 3.97. The van der Waals surface area contributed by atoms with Crippen LogP contribution in [0.3, 0.4) is 0 Å². The van der Waals surface area contributed by atoms with Crippen molar-refractivity contribution in [1.82, 2.24) is 10.3 Å². The van der Waals surface area contributed by atoms with E-state index in [2.05, 4.69) is 15.6 Å². The van der Waals surface area contributed by atoms with Gasteiger partial charge in [0.2, 0.25) is 11.8 Å². The molecule has 2 aromatic rings. The lowest BCUT2D eigenvalue weighted by Gasteiger charge is -2.17. The van der Waals surface area contributed by atoms with Crippen LogP contribution in [0.15, 0.2) is 30.3 Å². The van der Waals surface area contributed by atoms with E-state index >= 15 is 0 Å². The van der Waals surface area contributed by atoms with Crippen LogP contribution in [-0.4, -0.2) is 23.4 Å². The van der Waals surface area contributed by atoms with Gasteiger partial charge < -0.3 is 15.4 Å². The van der Waals surface area contributed by atoms with Crippen LogP contribution >= 0.6 is 0 Å². The molecule has 0 bridgehead atoms. The van der Waals surface area contributed by atoms with Gasteiger partial charge in [0, 0.05) is 11.4 Å². The van der Waals surface area contributed by atoms with Crippen LogP contribution in [0.1, 0.15) is 53.5 Å². The Labute approximate surface area is 153 Å². The molecule has 0 spiro atoms. The lowest BCUT2D eigenvalue weighted by Crippen LogP contribution is -2.27. The molecule has 2 N–H and O–H groups in total. The summed E-state index contributed by atoms with van der Waals surface area (Å²) in [5, 5.41) is 5.80. The normalized spacial score (nSPS) is 13.7. The molecule has 1 atom stereocenters. The molecule has 1 aromatic heterocycles. The summed E-state index contributed by atoms with van der Waals surface area (Å²) in [7, 11) is 0. The second-order valence-electron chi connectivity index (χ2n) is 6.49. The summed E-state index contributed by atoms with van der Waals surface area (Å²) in [4.78, 5) is 28.5. The number of hydrogen-bond donors (Lipinski definition) is 2. The number of anilines is 1. The predicted molar refractivity (Wildman–Crippen MR) is 99.4 cm³/mol. The number of amides is 2. The van der Waals surface area contributed by atoms with Crippen LogP contribution in [0.25, 0.3) is 0 Å². The molecule has 0 radical (unpaired) electrons. The van der Waals surface area contributed by atoms with Crippen LogP contribution in [0.4, 0.5) is 5.69 Å². The molecule has 6 nitrogen and oxygen atoms in total. The molecule has 1 aliphatic heterocycles. The Morgan fingerprint density at radius 1 is 1.35 bits per heavy atom. The van der Waals surface area contributed by atoms with Gasteiger partial charge in [-0.2, -0.15) is 0 Å². The average molecular weight is 353 g/mol. The number of fused-ring (bicyclic) bond motifs is 1. The molecule has 1 aromatic carbocycles. The highest BCUT2D eigenvalue weighted by molar-refractivity contribution is 5.99. The van der Waals surface area contributed by atoms with Gasteiger partial charge in [-0.25, -0.2) is 4.98 Å². The van der Waals surface area contributed by atoms with Crippen molar-refractivity contribution in [2.24, 2.45) is 0 Å². The molecular weight excluding hydrogens is 330 g/mol. The SMILES string of the molecule is CCCOc1nc(C)ccc1C(=O)NC(C)c1ccc2c(c1)CC(=O)N2. The van der Waals surface area contributed by atoms with Gasteiger partial charge in [-0.15, -0.1) is 0 Å². The first-order valence-corrected chi connectivity index (χ1v) is 8.82. The van der Waals surface area contributed by atoms with E-state index in [1.807, 2.05) is 39.0 Å². The quantitative estimate of drug-likeness (QED) is 0.836. The molecule has 0 saturated heterocycles. The van der Waals surface area contributed by atoms with Crippen LogP contribution in [0, 0.1) is 6.92 Å². The van der Waals surface area contributed by atoms with Gasteiger partial charge in [0.1, 0.15) is 5.56 Å². The molecule has 6 heteroatoms. The third-order valence-corrected chi connectivity index (χ3v) is 4.29. The van der Waals surface area contributed by atoms with Crippen molar-refractivity contribution < 1.29 is 14.3 Å². The standard InChI is InChI=1S/C20H23N3O3/c1-4-9-26-20-16(7-5-12(2)21-20)19(25)22-13(3)14-6-8-17-15(10-14)11-18(24)23-17/h5-8,10,13H,4,9,11H2,1-3H3,(H,22,25)(H,23,24). The fraction of sp³-hybridized carbons (Fsp3) is 0.350. The predicted octanol–water partition coefficient (Wildman–Crippen LogP) is 3.16. The first-order valence-electron chi connectivity index (χ1n) is 8.82. The van der Waals surface area contributed by atoms with Crippen molar-refractivity contribution in [3.8, 4) is 5.88 Å². The molecule has 136 valence electrons. The first-order chi connectivity index (χ1) is 12.5. The minimum Gasteiger partial charge on any atom is -0.477 e. The highest BCUT2D eigenvalue weighted by Crippen LogP contribution is 2.27. The number of ether oxygens (including phenoxy) is 1. The fourth-order valence-electron chi connectivity index (χ4n) is 2.89. The van der Waals surface area contributed by atoms with Crippen LogP contribution in [0.5, 0.6) is 5.88 Å². The minimum atomic E-state index is -0.231. The van der Waals surface area contributed by atoms with Crippen LogP contribution < -0.4 is 15.4 Å². The summed E-state index contributed by atoms with van der Waals surface area (Å²) in [6, 6.07) is 9.08. The van der Waals surface area contributed by atoms with Gasteiger partial charge in [0.15, 0.2) is 0 Å². The van der Waals surface area contributed by atoms with E-state index in [4.69, 9.17) is 4.74 Å². The Hall–Kier alpha value is -2.89. The van der Waals surface area contributed by atoms with Crippen molar-refractivity contribution in [2.75, 3.05) is 11.9 Å². The third-order valence-electron chi connectivity index (χ3n) is 4.29. The monoisotopic (exact) mass is 353 g/mol. The van der Waals surface area contributed by atoms with E-state index in [1.165, 1.54) is 0 Å². The van der Waals surface area contributed by atoms with E-state index in [9.17, 15) is 9.59 Å². The molecule has 1 aliphatic rings. The average Bonchev–Trinajstić information content (AvgIpc) is 2.98. The van der Waals surface area contributed by atoms with E-state index in [0.29, 0.717) is 24.5 Å².